The molecular weight excluding hydrogens is 388 g/mol. The molecular formula is C30H32N2. The molecule has 0 unspecified atom stereocenters. The summed E-state index contributed by atoms with van der Waals surface area (Å²) in [6, 6.07) is 22.2. The van der Waals surface area contributed by atoms with E-state index in [1.165, 1.54) is 49.6 Å². The zero-order valence-electron chi connectivity index (χ0n) is 20.0. The van der Waals surface area contributed by atoms with Gasteiger partial charge in [-0.05, 0) is 60.2 Å². The van der Waals surface area contributed by atoms with Gasteiger partial charge in [0.25, 0.3) is 0 Å². The van der Waals surface area contributed by atoms with Gasteiger partial charge in [-0.25, -0.2) is 4.98 Å². The summed E-state index contributed by atoms with van der Waals surface area (Å²) in [4.78, 5) is 5.21. The molecule has 5 rings (SSSR count). The van der Waals surface area contributed by atoms with Crippen molar-refractivity contribution in [2.75, 3.05) is 0 Å². The number of aryl methyl sites for hydroxylation is 2. The Hall–Kier alpha value is -3.13. The topological polar surface area (TPSA) is 17.3 Å². The molecule has 3 aromatic carbocycles. The Kier molecular flexibility index (Phi) is 5.04. The Labute approximate surface area is 190 Å². The molecule has 0 aliphatic rings. The van der Waals surface area contributed by atoms with Crippen LogP contribution in [0, 0.1) is 19.8 Å². The summed E-state index contributed by atoms with van der Waals surface area (Å²) < 4.78 is 2.44. The molecule has 0 aliphatic carbocycles. The van der Waals surface area contributed by atoms with Gasteiger partial charge < -0.3 is 0 Å². The van der Waals surface area contributed by atoms with Gasteiger partial charge in [-0.2, -0.15) is 0 Å². The number of hydrogen-bond acceptors (Lipinski definition) is 1. The van der Waals surface area contributed by atoms with Crippen LogP contribution in [0.3, 0.4) is 0 Å². The maximum Gasteiger partial charge on any atom is 0.146 e. The molecule has 2 heterocycles. The number of aromatic nitrogens is 2. The van der Waals surface area contributed by atoms with E-state index in [1.54, 1.807) is 0 Å². The van der Waals surface area contributed by atoms with Crippen molar-refractivity contribution in [3.8, 4) is 11.3 Å². The van der Waals surface area contributed by atoms with Crippen molar-refractivity contribution < 1.29 is 0 Å². The number of para-hydroxylation sites is 1. The molecule has 0 saturated carbocycles. The van der Waals surface area contributed by atoms with Crippen LogP contribution in [0.1, 0.15) is 56.0 Å². The van der Waals surface area contributed by atoms with Crippen LogP contribution in [0.25, 0.3) is 38.6 Å². The van der Waals surface area contributed by atoms with Gasteiger partial charge in [0.1, 0.15) is 5.65 Å². The Morgan fingerprint density at radius 2 is 1.53 bits per heavy atom. The van der Waals surface area contributed by atoms with E-state index >= 15 is 0 Å². The molecule has 2 heteroatoms. The number of rotatable bonds is 4. The van der Waals surface area contributed by atoms with Crippen molar-refractivity contribution in [1.29, 1.82) is 0 Å². The molecule has 162 valence electrons. The second-order valence-electron chi connectivity index (χ2n) is 9.85. The Bertz CT molecular complexity index is 1470. The summed E-state index contributed by atoms with van der Waals surface area (Å²) in [7, 11) is 0. The highest BCUT2D eigenvalue weighted by atomic mass is 15.0. The lowest BCUT2D eigenvalue weighted by atomic mass is 9.87. The van der Waals surface area contributed by atoms with Crippen molar-refractivity contribution in [2.45, 2.75) is 53.9 Å². The third-order valence-corrected chi connectivity index (χ3v) is 6.65. The highest BCUT2D eigenvalue weighted by Gasteiger charge is 2.23. The molecule has 0 fully saturated rings. The number of fused-ring (bicyclic) bond motifs is 6. The largest absolute Gasteiger partial charge is 0.291 e. The first-order valence-corrected chi connectivity index (χ1v) is 11.8. The molecule has 5 aromatic rings. The third-order valence-electron chi connectivity index (χ3n) is 6.65. The molecule has 0 spiro atoms. The smallest absolute Gasteiger partial charge is 0.146 e. The van der Waals surface area contributed by atoms with Crippen LogP contribution in [0.2, 0.25) is 0 Å². The molecule has 0 radical (unpaired) electrons. The number of benzene rings is 3. The van der Waals surface area contributed by atoms with E-state index in [0.717, 1.165) is 17.8 Å². The first kappa shape index (κ1) is 20.8. The molecule has 0 bridgehead atoms. The molecule has 2 aromatic heterocycles. The molecule has 32 heavy (non-hydrogen) atoms. The zero-order chi connectivity index (χ0) is 22.6. The van der Waals surface area contributed by atoms with E-state index < -0.39 is 0 Å². The molecule has 0 atom stereocenters. The summed E-state index contributed by atoms with van der Waals surface area (Å²) >= 11 is 0. The summed E-state index contributed by atoms with van der Waals surface area (Å²) in [5, 5.41) is 3.82. The SMILES string of the molecule is Cc1nc2c3c(C)cccc3c3ccccc3n2c1-c1c(CC(C)C)cccc1C(C)C. The average Bonchev–Trinajstić information content (AvgIpc) is 3.10. The van der Waals surface area contributed by atoms with Crippen LogP contribution in [0.15, 0.2) is 60.7 Å². The minimum atomic E-state index is 0.440. The Balaban J connectivity index is 2.03. The number of hydrogen-bond donors (Lipinski definition) is 0. The van der Waals surface area contributed by atoms with Crippen molar-refractivity contribution in [3.05, 3.63) is 83.0 Å². The molecule has 0 N–H and O–H groups in total. The van der Waals surface area contributed by atoms with E-state index in [4.69, 9.17) is 4.98 Å². The molecule has 0 saturated heterocycles. The lowest BCUT2D eigenvalue weighted by Crippen LogP contribution is -2.04. The fraction of sp³-hybridized carbons (Fsp3) is 0.300. The average molecular weight is 421 g/mol. The third kappa shape index (κ3) is 3.12. The van der Waals surface area contributed by atoms with E-state index in [2.05, 4.69) is 107 Å². The Morgan fingerprint density at radius 1 is 0.812 bits per heavy atom. The number of nitrogens with zero attached hydrogens (tertiary/aromatic N) is 2. The second kappa shape index (κ2) is 7.78. The molecule has 0 aliphatic heterocycles. The highest BCUT2D eigenvalue weighted by molar-refractivity contribution is 6.13. The number of pyridine rings is 1. The van der Waals surface area contributed by atoms with E-state index in [9.17, 15) is 0 Å². The Morgan fingerprint density at radius 3 is 2.28 bits per heavy atom. The maximum absolute atomic E-state index is 5.21. The van der Waals surface area contributed by atoms with Crippen LogP contribution in [0.4, 0.5) is 0 Å². The van der Waals surface area contributed by atoms with Gasteiger partial charge in [-0.1, -0.05) is 82.3 Å². The summed E-state index contributed by atoms with van der Waals surface area (Å²) in [5.41, 5.74) is 10.1. The fourth-order valence-electron chi connectivity index (χ4n) is 5.31. The van der Waals surface area contributed by atoms with Gasteiger partial charge in [0.2, 0.25) is 0 Å². The van der Waals surface area contributed by atoms with Crippen LogP contribution >= 0.6 is 0 Å². The van der Waals surface area contributed by atoms with Crippen LogP contribution in [-0.4, -0.2) is 9.38 Å². The first-order valence-electron chi connectivity index (χ1n) is 11.8. The van der Waals surface area contributed by atoms with Crippen molar-refractivity contribution in [2.24, 2.45) is 5.92 Å². The standard InChI is InChI=1S/C30H32N2/c1-18(2)17-22-12-10-14-23(19(3)4)28(22)29-21(6)31-30-27-20(5)11-9-15-25(27)24-13-7-8-16-26(24)32(29)30/h7-16,18-19H,17H2,1-6H3. The van der Waals surface area contributed by atoms with Gasteiger partial charge in [0.05, 0.1) is 16.9 Å². The van der Waals surface area contributed by atoms with Crippen molar-refractivity contribution >= 4 is 27.3 Å². The van der Waals surface area contributed by atoms with E-state index in [-0.39, 0.29) is 0 Å². The van der Waals surface area contributed by atoms with E-state index in [0.29, 0.717) is 11.8 Å². The molecule has 0 amide bonds. The zero-order valence-corrected chi connectivity index (χ0v) is 20.0. The first-order chi connectivity index (χ1) is 15.4. The minimum Gasteiger partial charge on any atom is -0.291 e. The van der Waals surface area contributed by atoms with Crippen LogP contribution < -0.4 is 0 Å². The maximum atomic E-state index is 5.21. The minimum absolute atomic E-state index is 0.440. The van der Waals surface area contributed by atoms with Gasteiger partial charge >= 0.3 is 0 Å². The van der Waals surface area contributed by atoms with Crippen LogP contribution in [-0.2, 0) is 6.42 Å². The van der Waals surface area contributed by atoms with Crippen molar-refractivity contribution in [1.82, 2.24) is 9.38 Å². The van der Waals surface area contributed by atoms with Gasteiger partial charge in [0, 0.05) is 16.3 Å². The number of imidazole rings is 1. The quantitative estimate of drug-likeness (QED) is 0.268. The monoisotopic (exact) mass is 420 g/mol. The fourth-order valence-corrected chi connectivity index (χ4v) is 5.31. The van der Waals surface area contributed by atoms with E-state index in [1.807, 2.05) is 0 Å². The second-order valence-corrected chi connectivity index (χ2v) is 9.85. The summed E-state index contributed by atoms with van der Waals surface area (Å²) in [6.07, 6.45) is 1.06. The lowest BCUT2D eigenvalue weighted by molar-refractivity contribution is 0.647. The lowest BCUT2D eigenvalue weighted by Gasteiger charge is -2.20. The summed E-state index contributed by atoms with van der Waals surface area (Å²) in [5.74, 6) is 1.03. The molecule has 2 nitrogen and oxygen atoms in total. The predicted molar refractivity (Wildman–Crippen MR) is 138 cm³/mol. The predicted octanol–water partition coefficient (Wildman–Crippen LogP) is 8.25. The van der Waals surface area contributed by atoms with Gasteiger partial charge in [-0.3, -0.25) is 4.40 Å². The van der Waals surface area contributed by atoms with Crippen molar-refractivity contribution in [3.63, 3.8) is 0 Å². The highest BCUT2D eigenvalue weighted by Crippen LogP contribution is 2.40. The normalized spacial score (nSPS) is 12.1. The van der Waals surface area contributed by atoms with Gasteiger partial charge in [0.15, 0.2) is 0 Å². The van der Waals surface area contributed by atoms with Gasteiger partial charge in [-0.15, -0.1) is 0 Å². The summed E-state index contributed by atoms with van der Waals surface area (Å²) in [6.45, 7) is 13.6. The van der Waals surface area contributed by atoms with Crippen LogP contribution in [0.5, 0.6) is 0 Å².